The summed E-state index contributed by atoms with van der Waals surface area (Å²) < 4.78 is 0.649. The van der Waals surface area contributed by atoms with Crippen LogP contribution in [0.15, 0.2) is 24.3 Å². The van der Waals surface area contributed by atoms with E-state index >= 15 is 0 Å². The minimum Gasteiger partial charge on any atom is -0.225 e. The van der Waals surface area contributed by atoms with Gasteiger partial charge in [0, 0.05) is 16.4 Å². The normalized spacial score (nSPS) is 18.0. The Bertz CT molecular complexity index is 504. The van der Waals surface area contributed by atoms with Crippen molar-refractivity contribution in [3.05, 3.63) is 39.2 Å². The largest absolute Gasteiger partial charge is 0.225 e. The maximum absolute atomic E-state index is 5.92. The second kappa shape index (κ2) is 2.81. The van der Waals surface area contributed by atoms with Crippen LogP contribution in [0.3, 0.4) is 0 Å². The second-order valence-electron chi connectivity index (χ2n) is 3.49. The number of halogens is 1. The summed E-state index contributed by atoms with van der Waals surface area (Å²) in [5, 5.41) is 0. The highest BCUT2D eigenvalue weighted by Crippen LogP contribution is 2.47. The molecule has 0 spiro atoms. The van der Waals surface area contributed by atoms with Crippen molar-refractivity contribution in [2.75, 3.05) is 0 Å². The third-order valence-electron chi connectivity index (χ3n) is 2.70. The van der Waals surface area contributed by atoms with Crippen LogP contribution < -0.4 is 0 Å². The lowest BCUT2D eigenvalue weighted by Gasteiger charge is -2.03. The highest BCUT2D eigenvalue weighted by Gasteiger charge is 2.28. The zero-order valence-corrected chi connectivity index (χ0v) is 9.19. The van der Waals surface area contributed by atoms with E-state index in [1.165, 1.54) is 16.0 Å². The Morgan fingerprint density at radius 3 is 3.00 bits per heavy atom. The van der Waals surface area contributed by atoms with Gasteiger partial charge in [0.1, 0.15) is 0 Å². The maximum Gasteiger partial charge on any atom is 0.184 e. The number of aromatic nitrogens is 1. The number of hydrogen-bond donors (Lipinski definition) is 0. The minimum atomic E-state index is 0.450. The zero-order chi connectivity index (χ0) is 9.71. The van der Waals surface area contributed by atoms with Gasteiger partial charge < -0.3 is 0 Å². The molecule has 1 aliphatic rings. The molecule has 1 aromatic heterocycles. The van der Waals surface area contributed by atoms with Gasteiger partial charge in [0.25, 0.3) is 0 Å². The summed E-state index contributed by atoms with van der Waals surface area (Å²) in [6, 6.07) is 8.41. The summed E-state index contributed by atoms with van der Waals surface area (Å²) in [5.41, 5.74) is 3.71. The summed E-state index contributed by atoms with van der Waals surface area (Å²) in [5.74, 6) is 0.450. The summed E-state index contributed by atoms with van der Waals surface area (Å²) >= 11 is 7.51. The van der Waals surface area contributed by atoms with Gasteiger partial charge in [-0.15, -0.1) is 11.3 Å². The number of rotatable bonds is 0. The maximum atomic E-state index is 5.92. The highest BCUT2D eigenvalue weighted by atomic mass is 35.5. The van der Waals surface area contributed by atoms with E-state index in [1.807, 2.05) is 6.07 Å². The lowest BCUT2D eigenvalue weighted by molar-refractivity contribution is 0.979. The van der Waals surface area contributed by atoms with Gasteiger partial charge in [-0.3, -0.25) is 0 Å². The van der Waals surface area contributed by atoms with Crippen LogP contribution >= 0.6 is 22.9 Å². The molecule has 0 bridgehead atoms. The van der Waals surface area contributed by atoms with E-state index in [4.69, 9.17) is 11.6 Å². The number of fused-ring (bicyclic) bond motifs is 3. The Balaban J connectivity index is 2.34. The number of thiazole rings is 1. The molecule has 1 atom stereocenters. The number of hydrogen-bond acceptors (Lipinski definition) is 2. The predicted octanol–water partition coefficient (Wildman–Crippen LogP) is 3.93. The first kappa shape index (κ1) is 8.45. The van der Waals surface area contributed by atoms with E-state index in [1.54, 1.807) is 11.3 Å². The first-order chi connectivity index (χ1) is 6.77. The van der Waals surface area contributed by atoms with Crippen LogP contribution in [0.4, 0.5) is 0 Å². The molecule has 0 radical (unpaired) electrons. The fraction of sp³-hybridized carbons (Fsp3) is 0.182. The number of benzene rings is 1. The van der Waals surface area contributed by atoms with Gasteiger partial charge in [-0.05, 0) is 5.56 Å². The molecular weight excluding hydrogens is 214 g/mol. The van der Waals surface area contributed by atoms with Crippen LogP contribution in [-0.4, -0.2) is 4.98 Å². The molecule has 0 saturated heterocycles. The van der Waals surface area contributed by atoms with Crippen molar-refractivity contribution in [2.24, 2.45) is 0 Å². The van der Waals surface area contributed by atoms with Crippen molar-refractivity contribution < 1.29 is 0 Å². The van der Waals surface area contributed by atoms with Crippen LogP contribution in [0.5, 0.6) is 0 Å². The average molecular weight is 222 g/mol. The molecule has 14 heavy (non-hydrogen) atoms. The van der Waals surface area contributed by atoms with Crippen LogP contribution in [0.1, 0.15) is 23.3 Å². The zero-order valence-electron chi connectivity index (χ0n) is 7.62. The van der Waals surface area contributed by atoms with Crippen molar-refractivity contribution in [3.8, 4) is 11.3 Å². The fourth-order valence-corrected chi connectivity index (χ4v) is 3.23. The highest BCUT2D eigenvalue weighted by molar-refractivity contribution is 7.16. The molecule has 0 N–H and O–H groups in total. The molecule has 1 heterocycles. The van der Waals surface area contributed by atoms with Crippen LogP contribution in [0.25, 0.3) is 11.3 Å². The topological polar surface area (TPSA) is 12.9 Å². The van der Waals surface area contributed by atoms with Crippen molar-refractivity contribution in [1.82, 2.24) is 4.98 Å². The Morgan fingerprint density at radius 1 is 1.36 bits per heavy atom. The minimum absolute atomic E-state index is 0.450. The fourth-order valence-electron chi connectivity index (χ4n) is 2.02. The molecule has 2 aromatic rings. The van der Waals surface area contributed by atoms with Gasteiger partial charge in [0.2, 0.25) is 0 Å². The number of nitrogens with zero attached hydrogens (tertiary/aromatic N) is 1. The monoisotopic (exact) mass is 221 g/mol. The van der Waals surface area contributed by atoms with E-state index in [0.29, 0.717) is 10.4 Å². The van der Waals surface area contributed by atoms with E-state index in [-0.39, 0.29) is 0 Å². The molecule has 0 amide bonds. The van der Waals surface area contributed by atoms with Crippen LogP contribution in [-0.2, 0) is 0 Å². The Labute approximate surface area is 91.4 Å². The molecule has 1 aliphatic carbocycles. The Morgan fingerprint density at radius 2 is 2.14 bits per heavy atom. The molecule has 1 nitrogen and oxygen atoms in total. The first-order valence-electron chi connectivity index (χ1n) is 4.53. The Hall–Kier alpha value is -0.860. The van der Waals surface area contributed by atoms with Gasteiger partial charge in [0.05, 0.1) is 5.69 Å². The van der Waals surface area contributed by atoms with Crippen molar-refractivity contribution in [2.45, 2.75) is 12.8 Å². The lowest BCUT2D eigenvalue weighted by Crippen LogP contribution is -1.86. The molecule has 1 unspecified atom stereocenters. The second-order valence-corrected chi connectivity index (χ2v) is 5.10. The van der Waals surface area contributed by atoms with Gasteiger partial charge >= 0.3 is 0 Å². The summed E-state index contributed by atoms with van der Waals surface area (Å²) in [4.78, 5) is 5.67. The summed E-state index contributed by atoms with van der Waals surface area (Å²) in [7, 11) is 0. The molecule has 0 saturated carbocycles. The average Bonchev–Trinajstić information content (AvgIpc) is 2.68. The van der Waals surface area contributed by atoms with E-state index in [2.05, 4.69) is 30.1 Å². The van der Waals surface area contributed by atoms with Gasteiger partial charge in [-0.2, -0.15) is 0 Å². The van der Waals surface area contributed by atoms with Gasteiger partial charge in [0.15, 0.2) is 4.47 Å². The molecule has 1 aromatic carbocycles. The van der Waals surface area contributed by atoms with E-state index < -0.39 is 0 Å². The molecular formula is C11H8ClNS. The third-order valence-corrected chi connectivity index (χ3v) is 4.05. The molecule has 3 heteroatoms. The van der Waals surface area contributed by atoms with Crippen molar-refractivity contribution in [3.63, 3.8) is 0 Å². The first-order valence-corrected chi connectivity index (χ1v) is 5.72. The quantitative estimate of drug-likeness (QED) is 0.657. The van der Waals surface area contributed by atoms with Crippen molar-refractivity contribution in [1.29, 1.82) is 0 Å². The van der Waals surface area contributed by atoms with Gasteiger partial charge in [-0.25, -0.2) is 4.98 Å². The SMILES string of the molecule is CC1c2ccccc2-c2nc(Cl)sc21. The lowest BCUT2D eigenvalue weighted by atomic mass is 10.0. The molecule has 70 valence electrons. The van der Waals surface area contributed by atoms with Crippen LogP contribution in [0, 0.1) is 0 Å². The summed E-state index contributed by atoms with van der Waals surface area (Å²) in [6.45, 7) is 2.21. The van der Waals surface area contributed by atoms with E-state index in [0.717, 1.165) is 5.69 Å². The van der Waals surface area contributed by atoms with Crippen molar-refractivity contribution >= 4 is 22.9 Å². The summed E-state index contributed by atoms with van der Waals surface area (Å²) in [6.07, 6.45) is 0. The standard InChI is InChI=1S/C11H8ClNS/c1-6-7-4-2-3-5-8(7)9-10(6)14-11(12)13-9/h2-6H,1H3. The predicted molar refractivity (Wildman–Crippen MR) is 60.1 cm³/mol. The van der Waals surface area contributed by atoms with E-state index in [9.17, 15) is 0 Å². The Kier molecular flexibility index (Phi) is 1.70. The molecule has 0 aliphatic heterocycles. The van der Waals surface area contributed by atoms with Gasteiger partial charge in [-0.1, -0.05) is 42.8 Å². The smallest absolute Gasteiger partial charge is 0.184 e. The molecule has 0 fully saturated rings. The third kappa shape index (κ3) is 0.983. The molecule has 3 rings (SSSR count). The van der Waals surface area contributed by atoms with Crippen LogP contribution in [0.2, 0.25) is 4.47 Å².